The van der Waals surface area contributed by atoms with E-state index in [1.54, 1.807) is 12.2 Å². The Kier molecular flexibility index (Phi) is 8.99. The first-order valence-electron chi connectivity index (χ1n) is 9.59. The summed E-state index contributed by atoms with van der Waals surface area (Å²) >= 11 is 0. The van der Waals surface area contributed by atoms with Gasteiger partial charge in [-0.2, -0.15) is 0 Å². The van der Waals surface area contributed by atoms with E-state index >= 15 is 0 Å². The van der Waals surface area contributed by atoms with Gasteiger partial charge in [0, 0.05) is 11.8 Å². The van der Waals surface area contributed by atoms with Crippen LogP contribution in [0.1, 0.15) is 45.4 Å². The van der Waals surface area contributed by atoms with Crippen LogP contribution in [0.2, 0.25) is 0 Å². The van der Waals surface area contributed by atoms with Gasteiger partial charge in [0.25, 0.3) is 0 Å². The molecule has 0 saturated carbocycles. The van der Waals surface area contributed by atoms with Crippen LogP contribution in [0.3, 0.4) is 0 Å². The number of hydrogen-bond acceptors (Lipinski definition) is 1. The molecule has 0 spiro atoms. The van der Waals surface area contributed by atoms with Crippen LogP contribution in [-0.2, 0) is 4.79 Å². The number of amides is 1. The molecule has 0 aliphatic heterocycles. The summed E-state index contributed by atoms with van der Waals surface area (Å²) in [5, 5.41) is 2.89. The largest absolute Gasteiger partial charge is 0.323 e. The predicted octanol–water partition coefficient (Wildman–Crippen LogP) is 6.77. The average Bonchev–Trinajstić information content (AvgIpc) is 2.68. The molecule has 2 aromatic carbocycles. The van der Waals surface area contributed by atoms with Gasteiger partial charge in [-0.05, 0) is 36.1 Å². The van der Waals surface area contributed by atoms with E-state index in [9.17, 15) is 4.79 Å². The second-order valence-electron chi connectivity index (χ2n) is 6.42. The summed E-state index contributed by atoms with van der Waals surface area (Å²) in [7, 11) is 0. The van der Waals surface area contributed by atoms with Crippen molar-refractivity contribution >= 4 is 11.6 Å². The highest BCUT2D eigenvalue weighted by atomic mass is 16.1. The normalized spacial score (nSPS) is 11.3. The standard InChI is InChI=1S/C24H29NO/c1-2-3-4-5-6-7-8-9-13-16-24(26)25-23-19-17-22(18-20-23)21-14-11-10-12-15-21/h8-20H,2-7H2,1H3,(H,25,26)/b9-8+,16-13+. The van der Waals surface area contributed by atoms with Crippen molar-refractivity contribution in [3.05, 3.63) is 78.9 Å². The maximum Gasteiger partial charge on any atom is 0.248 e. The SMILES string of the molecule is CCCCCCC/C=C/C=C/C(=O)Nc1ccc(-c2ccccc2)cc1. The van der Waals surface area contributed by atoms with Crippen LogP contribution in [0, 0.1) is 0 Å². The highest BCUT2D eigenvalue weighted by Crippen LogP contribution is 2.20. The molecule has 1 amide bonds. The minimum atomic E-state index is -0.106. The van der Waals surface area contributed by atoms with Crippen LogP contribution >= 0.6 is 0 Å². The fraction of sp³-hybridized carbons (Fsp3) is 0.292. The first-order valence-corrected chi connectivity index (χ1v) is 9.59. The first kappa shape index (κ1) is 19.7. The summed E-state index contributed by atoms with van der Waals surface area (Å²) in [5.41, 5.74) is 3.12. The lowest BCUT2D eigenvalue weighted by molar-refractivity contribution is -0.111. The Hall–Kier alpha value is -2.61. The number of allylic oxidation sites excluding steroid dienone is 3. The predicted molar refractivity (Wildman–Crippen MR) is 112 cm³/mol. The molecule has 0 atom stereocenters. The Morgan fingerprint density at radius 2 is 1.54 bits per heavy atom. The quantitative estimate of drug-likeness (QED) is 0.287. The van der Waals surface area contributed by atoms with Gasteiger partial charge in [-0.25, -0.2) is 0 Å². The Labute approximate surface area is 157 Å². The molecule has 0 aromatic heterocycles. The Morgan fingerprint density at radius 3 is 2.27 bits per heavy atom. The highest BCUT2D eigenvalue weighted by Gasteiger charge is 1.99. The zero-order valence-electron chi connectivity index (χ0n) is 15.7. The monoisotopic (exact) mass is 347 g/mol. The summed E-state index contributed by atoms with van der Waals surface area (Å²) < 4.78 is 0. The maximum absolute atomic E-state index is 11.9. The van der Waals surface area contributed by atoms with Gasteiger partial charge in [0.05, 0.1) is 0 Å². The van der Waals surface area contributed by atoms with Crippen molar-refractivity contribution in [3.8, 4) is 11.1 Å². The summed E-state index contributed by atoms with van der Waals surface area (Å²) in [6.45, 7) is 2.23. The second kappa shape index (κ2) is 11.9. The third-order valence-corrected chi connectivity index (χ3v) is 4.23. The average molecular weight is 348 g/mol. The molecule has 26 heavy (non-hydrogen) atoms. The molecule has 136 valence electrons. The lowest BCUT2D eigenvalue weighted by Gasteiger charge is -2.05. The Balaban J connectivity index is 1.72. The molecule has 0 fully saturated rings. The zero-order valence-corrected chi connectivity index (χ0v) is 15.7. The molecule has 0 unspecified atom stereocenters. The van der Waals surface area contributed by atoms with Gasteiger partial charge in [-0.15, -0.1) is 0 Å². The van der Waals surface area contributed by atoms with Gasteiger partial charge in [-0.3, -0.25) is 4.79 Å². The molecular weight excluding hydrogens is 318 g/mol. The molecule has 2 aromatic rings. The van der Waals surface area contributed by atoms with Crippen molar-refractivity contribution in [2.24, 2.45) is 0 Å². The second-order valence-corrected chi connectivity index (χ2v) is 6.42. The van der Waals surface area contributed by atoms with Gasteiger partial charge in [0.1, 0.15) is 0 Å². The lowest BCUT2D eigenvalue weighted by Crippen LogP contribution is -2.07. The van der Waals surface area contributed by atoms with Gasteiger partial charge >= 0.3 is 0 Å². The fourth-order valence-electron chi connectivity index (χ4n) is 2.74. The highest BCUT2D eigenvalue weighted by molar-refractivity contribution is 5.99. The zero-order chi connectivity index (χ0) is 18.5. The van der Waals surface area contributed by atoms with Crippen LogP contribution in [0.15, 0.2) is 78.9 Å². The maximum atomic E-state index is 11.9. The van der Waals surface area contributed by atoms with E-state index in [0.717, 1.165) is 17.7 Å². The van der Waals surface area contributed by atoms with Crippen molar-refractivity contribution in [1.82, 2.24) is 0 Å². The van der Waals surface area contributed by atoms with E-state index in [4.69, 9.17) is 0 Å². The van der Waals surface area contributed by atoms with Crippen molar-refractivity contribution in [2.45, 2.75) is 45.4 Å². The molecule has 0 aliphatic carbocycles. The number of anilines is 1. The third kappa shape index (κ3) is 7.52. The van der Waals surface area contributed by atoms with Crippen molar-refractivity contribution in [2.75, 3.05) is 5.32 Å². The number of benzene rings is 2. The lowest BCUT2D eigenvalue weighted by atomic mass is 10.1. The molecule has 2 nitrogen and oxygen atoms in total. The molecule has 2 rings (SSSR count). The van der Waals surface area contributed by atoms with Gasteiger partial charge in [-0.1, -0.05) is 93.3 Å². The van der Waals surface area contributed by atoms with E-state index < -0.39 is 0 Å². The number of carbonyl (C=O) groups is 1. The number of unbranched alkanes of at least 4 members (excludes halogenated alkanes) is 5. The number of rotatable bonds is 10. The molecule has 2 heteroatoms. The van der Waals surface area contributed by atoms with Gasteiger partial charge < -0.3 is 5.32 Å². The minimum absolute atomic E-state index is 0.106. The molecule has 0 heterocycles. The topological polar surface area (TPSA) is 29.1 Å². The van der Waals surface area contributed by atoms with Crippen LogP contribution in [0.5, 0.6) is 0 Å². The molecule has 0 aliphatic rings. The van der Waals surface area contributed by atoms with E-state index in [1.807, 2.05) is 48.5 Å². The number of carbonyl (C=O) groups excluding carboxylic acids is 1. The first-order chi connectivity index (χ1) is 12.8. The van der Waals surface area contributed by atoms with E-state index in [1.165, 1.54) is 37.7 Å². The van der Waals surface area contributed by atoms with Crippen LogP contribution < -0.4 is 5.32 Å². The molecule has 0 bridgehead atoms. The molecular formula is C24H29NO. The minimum Gasteiger partial charge on any atom is -0.323 e. The van der Waals surface area contributed by atoms with E-state index in [0.29, 0.717) is 0 Å². The Bertz CT molecular complexity index is 699. The molecule has 1 N–H and O–H groups in total. The van der Waals surface area contributed by atoms with Gasteiger partial charge in [0.15, 0.2) is 0 Å². The van der Waals surface area contributed by atoms with Crippen molar-refractivity contribution in [1.29, 1.82) is 0 Å². The summed E-state index contributed by atoms with van der Waals surface area (Å²) in [6.07, 6.45) is 15.0. The van der Waals surface area contributed by atoms with Gasteiger partial charge in [0.2, 0.25) is 5.91 Å². The Morgan fingerprint density at radius 1 is 0.846 bits per heavy atom. The summed E-state index contributed by atoms with van der Waals surface area (Å²) in [4.78, 5) is 11.9. The van der Waals surface area contributed by atoms with Crippen LogP contribution in [-0.4, -0.2) is 5.91 Å². The summed E-state index contributed by atoms with van der Waals surface area (Å²) in [5.74, 6) is -0.106. The number of hydrogen-bond donors (Lipinski definition) is 1. The number of nitrogens with one attached hydrogen (secondary N) is 1. The fourth-order valence-corrected chi connectivity index (χ4v) is 2.74. The van der Waals surface area contributed by atoms with E-state index in [-0.39, 0.29) is 5.91 Å². The van der Waals surface area contributed by atoms with E-state index in [2.05, 4.69) is 30.4 Å². The van der Waals surface area contributed by atoms with Crippen molar-refractivity contribution < 1.29 is 4.79 Å². The molecule has 0 saturated heterocycles. The molecule has 0 radical (unpaired) electrons. The van der Waals surface area contributed by atoms with Crippen LogP contribution in [0.25, 0.3) is 11.1 Å². The smallest absolute Gasteiger partial charge is 0.248 e. The summed E-state index contributed by atoms with van der Waals surface area (Å²) in [6, 6.07) is 18.1. The van der Waals surface area contributed by atoms with Crippen LogP contribution in [0.4, 0.5) is 5.69 Å². The van der Waals surface area contributed by atoms with Crippen molar-refractivity contribution in [3.63, 3.8) is 0 Å². The third-order valence-electron chi connectivity index (χ3n) is 4.23.